The van der Waals surface area contributed by atoms with E-state index < -0.39 is 12.2 Å². The number of nitrogens with zero attached hydrogens (tertiary/aromatic N) is 1. The van der Waals surface area contributed by atoms with Crippen LogP contribution in [0.25, 0.3) is 0 Å². The lowest BCUT2D eigenvalue weighted by atomic mass is 10.1. The quantitative estimate of drug-likeness (QED) is 0.730. The summed E-state index contributed by atoms with van der Waals surface area (Å²) in [6.45, 7) is 0.538. The molecular weight excluding hydrogens is 284 g/mol. The van der Waals surface area contributed by atoms with Crippen molar-refractivity contribution in [3.05, 3.63) is 59.9 Å². The predicted molar refractivity (Wildman–Crippen MR) is 80.6 cm³/mol. The van der Waals surface area contributed by atoms with Crippen LogP contribution in [0.2, 0.25) is 0 Å². The van der Waals surface area contributed by atoms with Gasteiger partial charge in [0.1, 0.15) is 12.4 Å². The van der Waals surface area contributed by atoms with Crippen molar-refractivity contribution in [2.45, 2.75) is 19.1 Å². The Labute approximate surface area is 128 Å². The van der Waals surface area contributed by atoms with E-state index in [4.69, 9.17) is 9.84 Å². The highest BCUT2D eigenvalue weighted by Gasteiger charge is 2.09. The van der Waals surface area contributed by atoms with E-state index in [2.05, 4.69) is 10.3 Å². The number of ether oxygens (including phenoxy) is 1. The van der Waals surface area contributed by atoms with Crippen molar-refractivity contribution in [3.63, 3.8) is 0 Å². The number of nitrogens with one attached hydrogen (secondary N) is 1. The standard InChI is InChI=1S/C16H18N2O4/c19-15(7-9-18-16(20)21)12-4-3-6-14(10-12)22-11-13-5-1-2-8-17-13/h1-6,8,10,15,18-19H,7,9,11H2,(H,20,21). The van der Waals surface area contributed by atoms with E-state index in [9.17, 15) is 9.90 Å². The summed E-state index contributed by atoms with van der Waals surface area (Å²) in [6, 6.07) is 12.7. The van der Waals surface area contributed by atoms with Crippen molar-refractivity contribution in [3.8, 4) is 5.75 Å². The molecule has 0 saturated carbocycles. The van der Waals surface area contributed by atoms with Gasteiger partial charge in [-0.1, -0.05) is 18.2 Å². The summed E-state index contributed by atoms with van der Waals surface area (Å²) in [5.74, 6) is 0.633. The number of amides is 1. The first kappa shape index (κ1) is 15.8. The zero-order chi connectivity index (χ0) is 15.8. The highest BCUT2D eigenvalue weighted by Crippen LogP contribution is 2.21. The molecule has 6 heteroatoms. The molecule has 1 amide bonds. The number of carbonyl (C=O) groups is 1. The van der Waals surface area contributed by atoms with Crippen molar-refractivity contribution in [1.29, 1.82) is 0 Å². The summed E-state index contributed by atoms with van der Waals surface area (Å²) in [5.41, 5.74) is 1.50. The van der Waals surface area contributed by atoms with Gasteiger partial charge in [0.15, 0.2) is 0 Å². The molecule has 0 aliphatic carbocycles. The Morgan fingerprint density at radius 1 is 1.27 bits per heavy atom. The molecule has 0 aliphatic rings. The second-order valence-corrected chi connectivity index (χ2v) is 4.72. The van der Waals surface area contributed by atoms with Crippen LogP contribution in [0.15, 0.2) is 48.7 Å². The molecule has 0 radical (unpaired) electrons. The third-order valence-corrected chi connectivity index (χ3v) is 3.05. The smallest absolute Gasteiger partial charge is 0.404 e. The van der Waals surface area contributed by atoms with E-state index in [-0.39, 0.29) is 6.54 Å². The topological polar surface area (TPSA) is 91.7 Å². The average molecular weight is 302 g/mol. The van der Waals surface area contributed by atoms with Crippen LogP contribution in [0.4, 0.5) is 4.79 Å². The second kappa shape index (κ2) is 7.99. The minimum Gasteiger partial charge on any atom is -0.487 e. The fourth-order valence-electron chi connectivity index (χ4n) is 1.93. The van der Waals surface area contributed by atoms with Crippen molar-refractivity contribution >= 4 is 6.09 Å². The zero-order valence-corrected chi connectivity index (χ0v) is 12.0. The molecule has 2 rings (SSSR count). The van der Waals surface area contributed by atoms with Crippen LogP contribution in [-0.4, -0.2) is 27.8 Å². The Balaban J connectivity index is 1.90. The van der Waals surface area contributed by atoms with E-state index in [0.717, 1.165) is 5.69 Å². The van der Waals surface area contributed by atoms with Gasteiger partial charge in [0, 0.05) is 12.7 Å². The molecule has 2 aromatic rings. The first-order valence-corrected chi connectivity index (χ1v) is 6.92. The second-order valence-electron chi connectivity index (χ2n) is 4.72. The molecule has 0 fully saturated rings. The van der Waals surface area contributed by atoms with E-state index >= 15 is 0 Å². The van der Waals surface area contributed by atoms with Crippen LogP contribution in [0.1, 0.15) is 23.8 Å². The van der Waals surface area contributed by atoms with Crippen molar-refractivity contribution in [2.75, 3.05) is 6.54 Å². The molecule has 1 heterocycles. The van der Waals surface area contributed by atoms with Crippen molar-refractivity contribution in [2.24, 2.45) is 0 Å². The van der Waals surface area contributed by atoms with Crippen LogP contribution in [-0.2, 0) is 6.61 Å². The Morgan fingerprint density at radius 3 is 2.86 bits per heavy atom. The molecule has 1 atom stereocenters. The monoisotopic (exact) mass is 302 g/mol. The summed E-state index contributed by atoms with van der Waals surface area (Å²) < 4.78 is 5.64. The maximum Gasteiger partial charge on any atom is 0.404 e. The van der Waals surface area contributed by atoms with Gasteiger partial charge in [0.2, 0.25) is 0 Å². The lowest BCUT2D eigenvalue weighted by Crippen LogP contribution is -2.23. The van der Waals surface area contributed by atoms with Crippen molar-refractivity contribution in [1.82, 2.24) is 10.3 Å². The van der Waals surface area contributed by atoms with Crippen LogP contribution in [0, 0.1) is 0 Å². The van der Waals surface area contributed by atoms with Crippen LogP contribution in [0.3, 0.4) is 0 Å². The van der Waals surface area contributed by atoms with Crippen LogP contribution < -0.4 is 10.1 Å². The third kappa shape index (κ3) is 5.06. The maximum atomic E-state index is 10.4. The van der Waals surface area contributed by atoms with Gasteiger partial charge in [0.25, 0.3) is 0 Å². The lowest BCUT2D eigenvalue weighted by molar-refractivity contribution is 0.161. The highest BCUT2D eigenvalue weighted by atomic mass is 16.5. The Hall–Kier alpha value is -2.60. The van der Waals surface area contributed by atoms with Gasteiger partial charge in [-0.15, -0.1) is 0 Å². The molecule has 0 spiro atoms. The molecular formula is C16H18N2O4. The Morgan fingerprint density at radius 2 is 2.14 bits per heavy atom. The molecule has 0 bridgehead atoms. The van der Waals surface area contributed by atoms with Crippen molar-refractivity contribution < 1.29 is 19.7 Å². The molecule has 1 aromatic heterocycles. The maximum absolute atomic E-state index is 10.4. The van der Waals surface area contributed by atoms with Crippen LogP contribution >= 0.6 is 0 Å². The van der Waals surface area contributed by atoms with Gasteiger partial charge in [-0.05, 0) is 36.2 Å². The number of aromatic nitrogens is 1. The zero-order valence-electron chi connectivity index (χ0n) is 12.0. The fourth-order valence-corrected chi connectivity index (χ4v) is 1.93. The van der Waals surface area contributed by atoms with E-state index in [1.54, 1.807) is 30.5 Å². The molecule has 3 N–H and O–H groups in total. The van der Waals surface area contributed by atoms with E-state index in [1.807, 2.05) is 18.2 Å². The van der Waals surface area contributed by atoms with Crippen LogP contribution in [0.5, 0.6) is 5.75 Å². The summed E-state index contributed by atoms with van der Waals surface area (Å²) >= 11 is 0. The SMILES string of the molecule is O=C(O)NCCC(O)c1cccc(OCc2ccccn2)c1. The number of hydrogen-bond acceptors (Lipinski definition) is 4. The molecule has 22 heavy (non-hydrogen) atoms. The molecule has 116 valence electrons. The number of carboxylic acid groups (broad SMARTS) is 1. The summed E-state index contributed by atoms with van der Waals surface area (Å²) in [4.78, 5) is 14.5. The van der Waals surface area contributed by atoms with Gasteiger partial charge in [-0.3, -0.25) is 4.98 Å². The Kier molecular flexibility index (Phi) is 5.73. The Bertz CT molecular complexity index is 604. The molecule has 0 aliphatic heterocycles. The number of benzene rings is 1. The number of hydrogen-bond donors (Lipinski definition) is 3. The number of pyridine rings is 1. The minimum absolute atomic E-state index is 0.190. The number of aliphatic hydroxyl groups is 1. The first-order valence-electron chi connectivity index (χ1n) is 6.92. The van der Waals surface area contributed by atoms with E-state index in [1.165, 1.54) is 0 Å². The summed E-state index contributed by atoms with van der Waals surface area (Å²) in [7, 11) is 0. The lowest BCUT2D eigenvalue weighted by Gasteiger charge is -2.13. The van der Waals surface area contributed by atoms with Gasteiger partial charge in [-0.25, -0.2) is 4.79 Å². The number of rotatable bonds is 7. The largest absolute Gasteiger partial charge is 0.487 e. The molecule has 0 saturated heterocycles. The average Bonchev–Trinajstić information content (AvgIpc) is 2.54. The van der Waals surface area contributed by atoms with Gasteiger partial charge >= 0.3 is 6.09 Å². The third-order valence-electron chi connectivity index (χ3n) is 3.05. The minimum atomic E-state index is -1.10. The predicted octanol–water partition coefficient (Wildman–Crippen LogP) is 2.35. The molecule has 1 unspecified atom stereocenters. The first-order chi connectivity index (χ1) is 10.6. The summed E-state index contributed by atoms with van der Waals surface area (Å²) in [6.07, 6.45) is 0.162. The fraction of sp³-hybridized carbons (Fsp3) is 0.250. The number of aliphatic hydroxyl groups excluding tert-OH is 1. The molecule has 6 nitrogen and oxygen atoms in total. The van der Waals surface area contributed by atoms with Gasteiger partial charge < -0.3 is 20.3 Å². The van der Waals surface area contributed by atoms with E-state index in [0.29, 0.717) is 24.3 Å². The summed E-state index contributed by atoms with van der Waals surface area (Å²) in [5, 5.41) is 20.8. The molecule has 1 aromatic carbocycles. The highest BCUT2D eigenvalue weighted by molar-refractivity contribution is 5.64. The van der Waals surface area contributed by atoms with Gasteiger partial charge in [-0.2, -0.15) is 0 Å². The van der Waals surface area contributed by atoms with Gasteiger partial charge in [0.05, 0.1) is 11.8 Å². The normalized spacial score (nSPS) is 11.7.